The lowest BCUT2D eigenvalue weighted by Gasteiger charge is -2.37. The summed E-state index contributed by atoms with van der Waals surface area (Å²) in [6, 6.07) is 9.40. The molecule has 0 amide bonds. The molecule has 35 heavy (non-hydrogen) atoms. The van der Waals surface area contributed by atoms with Gasteiger partial charge in [0.05, 0.1) is 28.7 Å². The third-order valence-electron chi connectivity index (χ3n) is 6.42. The van der Waals surface area contributed by atoms with Crippen LogP contribution in [-0.4, -0.2) is 20.1 Å². The molecule has 182 valence electrons. The summed E-state index contributed by atoms with van der Waals surface area (Å²) in [6.07, 6.45) is 18.3. The van der Waals surface area contributed by atoms with Crippen molar-refractivity contribution in [2.75, 3.05) is 0 Å². The Morgan fingerprint density at radius 2 is 2.06 bits per heavy atom. The fourth-order valence-corrected chi connectivity index (χ4v) is 5.35. The summed E-state index contributed by atoms with van der Waals surface area (Å²) in [5.41, 5.74) is 6.76. The number of H-pyrrole nitrogens is 1. The number of imidazole rings is 1. The molecular weight excluding hydrogens is 450 g/mol. The van der Waals surface area contributed by atoms with Gasteiger partial charge in [-0.2, -0.15) is 5.26 Å². The van der Waals surface area contributed by atoms with Crippen molar-refractivity contribution in [1.29, 1.82) is 5.26 Å². The van der Waals surface area contributed by atoms with Gasteiger partial charge in [-0.3, -0.25) is 0 Å². The molecule has 0 saturated carbocycles. The highest BCUT2D eigenvalue weighted by molar-refractivity contribution is 7.98. The van der Waals surface area contributed by atoms with E-state index in [4.69, 9.17) is 5.26 Å². The molecule has 0 spiro atoms. The number of nitrogens with one attached hydrogen (secondary N) is 1. The molecule has 1 aliphatic carbocycles. The third-order valence-corrected chi connectivity index (χ3v) is 7.31. The Kier molecular flexibility index (Phi) is 9.03. The summed E-state index contributed by atoms with van der Waals surface area (Å²) >= 11 is 0.682. The SMILES string of the molecule is CC1=C(/C=C/C(C)=C/C=C/C(C)=C\C(O)=[SH]c2cccc(C#N)c2)C(C)(C)CCC1c1c[nH]cn1. The van der Waals surface area contributed by atoms with Gasteiger partial charge < -0.3 is 10.1 Å². The first-order valence-electron chi connectivity index (χ1n) is 11.9. The van der Waals surface area contributed by atoms with Gasteiger partial charge in [-0.05, 0) is 74.4 Å². The van der Waals surface area contributed by atoms with E-state index >= 15 is 0 Å². The van der Waals surface area contributed by atoms with E-state index in [1.807, 2.05) is 37.4 Å². The first kappa shape index (κ1) is 26.4. The number of allylic oxidation sites excluding steroid dienone is 9. The van der Waals surface area contributed by atoms with Crippen LogP contribution in [-0.2, 0) is 0 Å². The first-order valence-corrected chi connectivity index (χ1v) is 12.8. The van der Waals surface area contributed by atoms with Gasteiger partial charge in [0.2, 0.25) is 0 Å². The third kappa shape index (κ3) is 7.39. The molecule has 0 radical (unpaired) electrons. The second kappa shape index (κ2) is 12.0. The molecule has 1 aliphatic rings. The summed E-state index contributed by atoms with van der Waals surface area (Å²) in [7, 11) is 0. The van der Waals surface area contributed by atoms with Crippen LogP contribution in [0.25, 0.3) is 0 Å². The molecule has 4 nitrogen and oxygen atoms in total. The number of aliphatic hydroxyl groups is 1. The lowest BCUT2D eigenvalue weighted by Crippen LogP contribution is -2.23. The molecular formula is C30H35N3OS. The molecule has 3 rings (SSSR count). The maximum Gasteiger partial charge on any atom is 0.0992 e. The van der Waals surface area contributed by atoms with Gasteiger partial charge in [0, 0.05) is 17.0 Å². The van der Waals surface area contributed by atoms with Crippen molar-refractivity contribution in [2.24, 2.45) is 5.41 Å². The normalized spacial score (nSPS) is 19.8. The molecule has 5 heteroatoms. The maximum absolute atomic E-state index is 10.3. The molecule has 0 bridgehead atoms. The maximum atomic E-state index is 10.3. The van der Waals surface area contributed by atoms with E-state index in [2.05, 4.69) is 62.0 Å². The molecule has 0 saturated heterocycles. The van der Waals surface area contributed by atoms with Crippen molar-refractivity contribution in [3.63, 3.8) is 0 Å². The second-order valence-electron chi connectivity index (χ2n) is 9.69. The van der Waals surface area contributed by atoms with Gasteiger partial charge in [-0.15, -0.1) is 11.4 Å². The summed E-state index contributed by atoms with van der Waals surface area (Å²) in [6.45, 7) is 10.9. The van der Waals surface area contributed by atoms with Gasteiger partial charge in [-0.1, -0.05) is 61.4 Å². The summed E-state index contributed by atoms with van der Waals surface area (Å²) < 4.78 is 0. The first-order chi connectivity index (χ1) is 16.7. The molecule has 1 aromatic heterocycles. The highest BCUT2D eigenvalue weighted by atomic mass is 32.1. The Bertz CT molecular complexity index is 1260. The number of aliphatic hydroxyl groups excluding tert-OH is 1. The number of rotatable bonds is 7. The zero-order valence-electron chi connectivity index (χ0n) is 21.2. The van der Waals surface area contributed by atoms with Crippen molar-refractivity contribution in [2.45, 2.75) is 58.3 Å². The van der Waals surface area contributed by atoms with Crippen LogP contribution in [0.5, 0.6) is 0 Å². The van der Waals surface area contributed by atoms with Crippen LogP contribution >= 0.6 is 11.4 Å². The Morgan fingerprint density at radius 1 is 1.26 bits per heavy atom. The Labute approximate surface area is 213 Å². The van der Waals surface area contributed by atoms with Crippen molar-refractivity contribution in [3.05, 3.63) is 107 Å². The van der Waals surface area contributed by atoms with Crippen molar-refractivity contribution >= 4 is 16.4 Å². The molecule has 1 heterocycles. The number of hydrogen-bond acceptors (Lipinski definition) is 2. The number of benzene rings is 1. The average molecular weight is 486 g/mol. The number of hydrogen-bond donors (Lipinski definition) is 3. The Morgan fingerprint density at radius 3 is 2.77 bits per heavy atom. The van der Waals surface area contributed by atoms with E-state index in [1.165, 1.54) is 11.1 Å². The van der Waals surface area contributed by atoms with E-state index in [-0.39, 0.29) is 10.5 Å². The van der Waals surface area contributed by atoms with Gasteiger partial charge in [0.15, 0.2) is 0 Å². The van der Waals surface area contributed by atoms with Crippen LogP contribution in [0.1, 0.15) is 64.6 Å². The molecule has 2 aromatic rings. The largest absolute Gasteiger partial charge is 0.355 e. The second-order valence-corrected chi connectivity index (χ2v) is 10.9. The van der Waals surface area contributed by atoms with Crippen molar-refractivity contribution in [3.8, 4) is 6.07 Å². The standard InChI is InChI=1S/C30H35N3OS/c1-21(8-6-9-22(2)16-29(34)35-25-11-7-10-24(17-25)18-31)12-13-27-23(3)26(14-15-30(27,4)5)28-19-32-20-33-28/h6-13,16-17,19-20,26,34-35H,14-15H2,1-5H3,(H,32,33)/b9-6+,13-12+,21-8+,22-16-. The molecule has 0 aliphatic heterocycles. The van der Waals surface area contributed by atoms with Crippen LogP contribution in [0.3, 0.4) is 0 Å². The van der Waals surface area contributed by atoms with Crippen LogP contribution in [0.4, 0.5) is 0 Å². The number of aromatic nitrogens is 2. The molecule has 1 atom stereocenters. The highest BCUT2D eigenvalue weighted by Gasteiger charge is 2.33. The fraction of sp³-hybridized carbons (Fsp3) is 0.300. The minimum Gasteiger partial charge on any atom is -0.355 e. The Balaban J connectivity index is 1.70. The number of thiol groups is 1. The Hall–Kier alpha value is -3.20. The molecule has 1 aromatic carbocycles. The monoisotopic (exact) mass is 485 g/mol. The zero-order valence-corrected chi connectivity index (χ0v) is 22.1. The minimum absolute atomic E-state index is 0.141. The highest BCUT2D eigenvalue weighted by Crippen LogP contribution is 2.46. The van der Waals surface area contributed by atoms with E-state index in [0.29, 0.717) is 22.8 Å². The lowest BCUT2D eigenvalue weighted by molar-refractivity contribution is 0.358. The number of nitrogens with zero attached hydrogens (tertiary/aromatic N) is 2. The van der Waals surface area contributed by atoms with Gasteiger partial charge in [0.1, 0.15) is 0 Å². The number of nitriles is 1. The van der Waals surface area contributed by atoms with E-state index < -0.39 is 0 Å². The fourth-order valence-electron chi connectivity index (χ4n) is 4.45. The summed E-state index contributed by atoms with van der Waals surface area (Å²) in [5.74, 6) is 0.372. The predicted molar refractivity (Wildman–Crippen MR) is 149 cm³/mol. The summed E-state index contributed by atoms with van der Waals surface area (Å²) in [4.78, 5) is 8.48. The van der Waals surface area contributed by atoms with Crippen LogP contribution in [0.2, 0.25) is 0 Å². The average Bonchev–Trinajstić information content (AvgIpc) is 3.33. The van der Waals surface area contributed by atoms with Crippen LogP contribution in [0, 0.1) is 16.7 Å². The van der Waals surface area contributed by atoms with E-state index in [9.17, 15) is 5.11 Å². The topological polar surface area (TPSA) is 72.7 Å². The quantitative estimate of drug-likeness (QED) is 0.163. The minimum atomic E-state index is 0.141. The van der Waals surface area contributed by atoms with Gasteiger partial charge >= 0.3 is 0 Å². The smallest absolute Gasteiger partial charge is 0.0992 e. The van der Waals surface area contributed by atoms with Gasteiger partial charge in [-0.25, -0.2) is 4.98 Å². The zero-order chi connectivity index (χ0) is 25.4. The van der Waals surface area contributed by atoms with E-state index in [0.717, 1.165) is 34.6 Å². The van der Waals surface area contributed by atoms with E-state index in [1.54, 1.807) is 24.5 Å². The molecule has 1 unspecified atom stereocenters. The van der Waals surface area contributed by atoms with Gasteiger partial charge in [0.25, 0.3) is 0 Å². The summed E-state index contributed by atoms with van der Waals surface area (Å²) in [5, 5.41) is 19.6. The molecule has 2 N–H and O–H groups in total. The van der Waals surface area contributed by atoms with Crippen LogP contribution in [0.15, 0.2) is 100 Å². The molecule has 0 fully saturated rings. The number of aromatic amines is 1. The lowest BCUT2D eigenvalue weighted by atomic mass is 9.68. The predicted octanol–water partition coefficient (Wildman–Crippen LogP) is 7.72. The van der Waals surface area contributed by atoms with Crippen LogP contribution < -0.4 is 0 Å². The van der Waals surface area contributed by atoms with Crippen molar-refractivity contribution in [1.82, 2.24) is 9.97 Å². The van der Waals surface area contributed by atoms with Crippen molar-refractivity contribution < 1.29 is 5.11 Å².